The molecule has 0 bridgehead atoms. The highest BCUT2D eigenvalue weighted by Gasteiger charge is 2.54. The van der Waals surface area contributed by atoms with Crippen LogP contribution in [0.5, 0.6) is 5.75 Å². The summed E-state index contributed by atoms with van der Waals surface area (Å²) in [6.45, 7) is 3.67. The standard InChI is InChI=1S/C20H24FN3O7/c1-20(2)29-9-14-16(31-20)15(17(28-4)18(30-14)19(25)26)24-8-12(22-23-24)11-7-10(21)5-6-13(11)27-3/h5-8,14-18H,9H2,1-4H3,(H,25,26)/t14-,15+,16+,17-,18-/m1/s1. The molecule has 0 aliphatic carbocycles. The van der Waals surface area contributed by atoms with Crippen molar-refractivity contribution in [3.63, 3.8) is 0 Å². The Bertz CT molecular complexity index is 966. The number of aliphatic carboxylic acids is 1. The zero-order chi connectivity index (χ0) is 22.3. The van der Waals surface area contributed by atoms with Gasteiger partial charge in [-0.05, 0) is 32.0 Å². The first-order chi connectivity index (χ1) is 14.7. The summed E-state index contributed by atoms with van der Waals surface area (Å²) in [5, 5.41) is 18.0. The van der Waals surface area contributed by atoms with Gasteiger partial charge in [-0.15, -0.1) is 5.10 Å². The van der Waals surface area contributed by atoms with Gasteiger partial charge < -0.3 is 28.8 Å². The summed E-state index contributed by atoms with van der Waals surface area (Å²) in [4.78, 5) is 11.9. The minimum atomic E-state index is -1.26. The third-order valence-electron chi connectivity index (χ3n) is 5.44. The highest BCUT2D eigenvalue weighted by molar-refractivity contribution is 5.73. The van der Waals surface area contributed by atoms with Crippen LogP contribution >= 0.6 is 0 Å². The minimum absolute atomic E-state index is 0.146. The van der Waals surface area contributed by atoms with Gasteiger partial charge >= 0.3 is 5.97 Å². The first-order valence-corrected chi connectivity index (χ1v) is 9.72. The fourth-order valence-corrected chi connectivity index (χ4v) is 4.04. The molecule has 1 N–H and O–H groups in total. The monoisotopic (exact) mass is 437 g/mol. The van der Waals surface area contributed by atoms with Crippen LogP contribution in [0.3, 0.4) is 0 Å². The van der Waals surface area contributed by atoms with E-state index in [1.54, 1.807) is 20.0 Å². The van der Waals surface area contributed by atoms with Crippen LogP contribution < -0.4 is 4.74 Å². The van der Waals surface area contributed by atoms with Crippen molar-refractivity contribution in [3.05, 3.63) is 30.2 Å². The maximum Gasteiger partial charge on any atom is 0.335 e. The Balaban J connectivity index is 1.76. The number of nitrogens with zero attached hydrogens (tertiary/aromatic N) is 3. The summed E-state index contributed by atoms with van der Waals surface area (Å²) in [6.07, 6.45) is -1.87. The number of rotatable bonds is 5. The smallest absolute Gasteiger partial charge is 0.335 e. The molecule has 11 heteroatoms. The number of carboxylic acid groups (broad SMARTS) is 1. The van der Waals surface area contributed by atoms with Gasteiger partial charge in [-0.2, -0.15) is 0 Å². The largest absolute Gasteiger partial charge is 0.496 e. The molecule has 0 amide bonds. The lowest BCUT2D eigenvalue weighted by Gasteiger charge is -2.50. The van der Waals surface area contributed by atoms with E-state index in [1.165, 1.54) is 37.1 Å². The molecule has 2 saturated heterocycles. The molecule has 10 nitrogen and oxygen atoms in total. The van der Waals surface area contributed by atoms with Crippen LogP contribution in [0.1, 0.15) is 19.9 Å². The molecule has 2 aliphatic heterocycles. The number of ether oxygens (including phenoxy) is 5. The number of hydrogen-bond acceptors (Lipinski definition) is 8. The summed E-state index contributed by atoms with van der Waals surface area (Å²) >= 11 is 0. The summed E-state index contributed by atoms with van der Waals surface area (Å²) in [6, 6.07) is 3.39. The molecule has 5 atom stereocenters. The van der Waals surface area contributed by atoms with E-state index < -0.39 is 48.0 Å². The van der Waals surface area contributed by atoms with Crippen molar-refractivity contribution in [3.8, 4) is 17.0 Å². The number of carbonyl (C=O) groups is 1. The van der Waals surface area contributed by atoms with Gasteiger partial charge in [-0.1, -0.05) is 5.21 Å². The number of hydrogen-bond donors (Lipinski definition) is 1. The van der Waals surface area contributed by atoms with Crippen molar-refractivity contribution in [2.75, 3.05) is 20.8 Å². The van der Waals surface area contributed by atoms with Crippen molar-refractivity contribution >= 4 is 5.97 Å². The molecule has 1 aromatic carbocycles. The lowest BCUT2D eigenvalue weighted by atomic mass is 9.91. The Morgan fingerprint density at radius 2 is 2.13 bits per heavy atom. The van der Waals surface area contributed by atoms with Crippen molar-refractivity contribution in [1.82, 2.24) is 15.0 Å². The fourth-order valence-electron chi connectivity index (χ4n) is 4.04. The van der Waals surface area contributed by atoms with E-state index in [9.17, 15) is 14.3 Å². The number of halogens is 1. The molecule has 4 rings (SSSR count). The first-order valence-electron chi connectivity index (χ1n) is 9.72. The van der Waals surface area contributed by atoms with E-state index in [4.69, 9.17) is 23.7 Å². The van der Waals surface area contributed by atoms with Gasteiger partial charge in [0.25, 0.3) is 0 Å². The maximum atomic E-state index is 13.8. The highest BCUT2D eigenvalue weighted by Crippen LogP contribution is 2.40. The number of benzene rings is 1. The van der Waals surface area contributed by atoms with E-state index in [0.717, 1.165) is 0 Å². The highest BCUT2D eigenvalue weighted by atomic mass is 19.1. The topological polar surface area (TPSA) is 114 Å². The molecular weight excluding hydrogens is 413 g/mol. The number of fused-ring (bicyclic) bond motifs is 1. The van der Waals surface area contributed by atoms with Crippen LogP contribution in [0.15, 0.2) is 24.4 Å². The van der Waals surface area contributed by atoms with Gasteiger partial charge in [0.05, 0.1) is 19.9 Å². The molecule has 168 valence electrons. The number of aromatic nitrogens is 3. The molecular formula is C20H24FN3O7. The SMILES string of the molecule is COc1ccc(F)cc1-c1cn([C@H]2[C@H]3OC(C)(C)OC[C@H]3O[C@@H](C(=O)O)[C@@H]2OC)nn1. The van der Waals surface area contributed by atoms with E-state index in [-0.39, 0.29) is 6.61 Å². The zero-order valence-corrected chi connectivity index (χ0v) is 17.5. The lowest BCUT2D eigenvalue weighted by molar-refractivity contribution is -0.347. The van der Waals surface area contributed by atoms with Gasteiger partial charge in [0, 0.05) is 12.7 Å². The number of carboxylic acids is 1. The first kappa shape index (κ1) is 21.6. The van der Waals surface area contributed by atoms with Gasteiger partial charge in [0.15, 0.2) is 11.9 Å². The molecule has 0 unspecified atom stereocenters. The summed E-state index contributed by atoms with van der Waals surface area (Å²) in [5.74, 6) is -2.11. The predicted molar refractivity (Wildman–Crippen MR) is 103 cm³/mol. The van der Waals surface area contributed by atoms with Gasteiger partial charge in [-0.25, -0.2) is 13.9 Å². The van der Waals surface area contributed by atoms with E-state index in [0.29, 0.717) is 17.0 Å². The van der Waals surface area contributed by atoms with Crippen molar-refractivity contribution in [1.29, 1.82) is 0 Å². The van der Waals surface area contributed by atoms with Crippen molar-refractivity contribution in [2.45, 2.75) is 50.1 Å². The Hall–Kier alpha value is -2.60. The second-order valence-corrected chi connectivity index (χ2v) is 7.85. The molecule has 2 fully saturated rings. The molecule has 0 saturated carbocycles. The summed E-state index contributed by atoms with van der Waals surface area (Å²) < 4.78 is 43.6. The van der Waals surface area contributed by atoms with Crippen LogP contribution in [0.25, 0.3) is 11.3 Å². The Morgan fingerprint density at radius 3 is 2.81 bits per heavy atom. The quantitative estimate of drug-likeness (QED) is 0.746. The molecule has 31 heavy (non-hydrogen) atoms. The average molecular weight is 437 g/mol. The van der Waals surface area contributed by atoms with Crippen molar-refractivity contribution < 1.29 is 38.0 Å². The van der Waals surface area contributed by atoms with Gasteiger partial charge in [0.1, 0.15) is 41.6 Å². The molecule has 2 aliphatic rings. The third kappa shape index (κ3) is 4.01. The van der Waals surface area contributed by atoms with E-state index >= 15 is 0 Å². The molecule has 2 aromatic rings. The second-order valence-electron chi connectivity index (χ2n) is 7.85. The van der Waals surface area contributed by atoms with E-state index in [1.807, 2.05) is 0 Å². The maximum absolute atomic E-state index is 13.8. The summed E-state index contributed by atoms with van der Waals surface area (Å²) in [5.41, 5.74) is 0.766. The zero-order valence-electron chi connectivity index (χ0n) is 17.5. The predicted octanol–water partition coefficient (Wildman–Crippen LogP) is 1.65. The molecule has 0 spiro atoms. The van der Waals surface area contributed by atoms with E-state index in [2.05, 4.69) is 10.3 Å². The Morgan fingerprint density at radius 1 is 1.35 bits per heavy atom. The Labute approximate surface area is 177 Å². The number of methoxy groups -OCH3 is 2. The van der Waals surface area contributed by atoms with Gasteiger partial charge in [-0.3, -0.25) is 0 Å². The second kappa shape index (κ2) is 8.15. The van der Waals surface area contributed by atoms with Crippen LogP contribution in [0, 0.1) is 5.82 Å². The normalized spacial score (nSPS) is 29.9. The molecule has 1 aromatic heterocycles. The fraction of sp³-hybridized carbons (Fsp3) is 0.550. The van der Waals surface area contributed by atoms with Gasteiger partial charge in [0.2, 0.25) is 0 Å². The minimum Gasteiger partial charge on any atom is -0.496 e. The molecule has 3 heterocycles. The van der Waals surface area contributed by atoms with Crippen LogP contribution in [0.4, 0.5) is 4.39 Å². The van der Waals surface area contributed by atoms with Crippen molar-refractivity contribution in [2.24, 2.45) is 0 Å². The molecule has 0 radical (unpaired) electrons. The van der Waals surface area contributed by atoms with Crippen LogP contribution in [-0.2, 0) is 23.7 Å². The third-order valence-corrected chi connectivity index (χ3v) is 5.44. The summed E-state index contributed by atoms with van der Waals surface area (Å²) in [7, 11) is 2.87. The van der Waals surface area contributed by atoms with Crippen LogP contribution in [0.2, 0.25) is 0 Å². The lowest BCUT2D eigenvalue weighted by Crippen LogP contribution is -2.64. The Kier molecular flexibility index (Phi) is 5.69. The van der Waals surface area contributed by atoms with Crippen LogP contribution in [-0.4, -0.2) is 77.1 Å². The average Bonchev–Trinajstić information content (AvgIpc) is 3.21.